The molecule has 0 N–H and O–H groups in total. The monoisotopic (exact) mass is 344 g/mol. The third-order valence-electron chi connectivity index (χ3n) is 4.69. The average molecular weight is 344 g/mol. The molecule has 0 saturated carbocycles. The number of benzene rings is 1. The minimum absolute atomic E-state index is 0.0365. The molecule has 0 unspecified atom stereocenters. The molecular formula is C18H20N2O3S. The van der Waals surface area contributed by atoms with Gasteiger partial charge in [-0.1, -0.05) is 24.3 Å². The van der Waals surface area contributed by atoms with Gasteiger partial charge in [-0.3, -0.25) is 0 Å². The molecule has 4 rings (SSSR count). The van der Waals surface area contributed by atoms with E-state index in [0.717, 1.165) is 43.2 Å². The largest absolute Gasteiger partial charge is 0.493 e. The van der Waals surface area contributed by atoms with E-state index in [9.17, 15) is 8.42 Å². The number of sulfone groups is 1. The van der Waals surface area contributed by atoms with Crippen molar-refractivity contribution in [3.05, 3.63) is 53.7 Å². The summed E-state index contributed by atoms with van der Waals surface area (Å²) >= 11 is 0. The molecule has 1 aromatic carbocycles. The van der Waals surface area contributed by atoms with E-state index in [2.05, 4.69) is 22.0 Å². The first kappa shape index (κ1) is 15.4. The summed E-state index contributed by atoms with van der Waals surface area (Å²) in [5.74, 6) is 1.94. The summed E-state index contributed by atoms with van der Waals surface area (Å²) in [4.78, 5) is 6.65. The van der Waals surface area contributed by atoms with Crippen molar-refractivity contribution in [3.63, 3.8) is 0 Å². The van der Waals surface area contributed by atoms with Gasteiger partial charge in [-0.05, 0) is 29.7 Å². The number of ether oxygens (including phenoxy) is 1. The molecule has 5 nitrogen and oxygen atoms in total. The lowest BCUT2D eigenvalue weighted by molar-refractivity contribution is 0.0874. The standard InChI is InChI=1S/C18H20N2O3S/c1-24(21,22)10-14-6-7-17(19-9-14)20-11-18(12-20)8-15-4-2-3-5-16(15)23-13-18/h2-7,9H,8,10-13H2,1H3. The van der Waals surface area contributed by atoms with Gasteiger partial charge in [-0.2, -0.15) is 0 Å². The molecule has 0 aliphatic carbocycles. The first-order chi connectivity index (χ1) is 11.4. The van der Waals surface area contributed by atoms with Gasteiger partial charge in [0, 0.05) is 31.0 Å². The van der Waals surface area contributed by atoms with E-state index in [4.69, 9.17) is 4.74 Å². The van der Waals surface area contributed by atoms with Gasteiger partial charge >= 0.3 is 0 Å². The number of pyridine rings is 1. The second-order valence-corrected chi connectivity index (χ2v) is 9.16. The molecule has 0 amide bonds. The Labute approximate surface area is 142 Å². The second-order valence-electron chi connectivity index (χ2n) is 7.02. The van der Waals surface area contributed by atoms with Gasteiger partial charge in [-0.15, -0.1) is 0 Å². The maximum absolute atomic E-state index is 11.3. The molecule has 0 bridgehead atoms. The zero-order chi connectivity index (χ0) is 16.8. The molecule has 0 radical (unpaired) electrons. The van der Waals surface area contributed by atoms with E-state index in [1.807, 2.05) is 24.3 Å². The van der Waals surface area contributed by atoms with E-state index in [1.54, 1.807) is 6.20 Å². The van der Waals surface area contributed by atoms with Gasteiger partial charge in [0.1, 0.15) is 11.6 Å². The minimum Gasteiger partial charge on any atom is -0.493 e. The lowest BCUT2D eigenvalue weighted by Crippen LogP contribution is -2.61. The molecule has 0 atom stereocenters. The van der Waals surface area contributed by atoms with Crippen molar-refractivity contribution in [2.75, 3.05) is 30.9 Å². The van der Waals surface area contributed by atoms with Crippen LogP contribution in [-0.2, 0) is 22.0 Å². The average Bonchev–Trinajstić information content (AvgIpc) is 2.51. The minimum atomic E-state index is -3.02. The first-order valence-corrected chi connectivity index (χ1v) is 10.1. The summed E-state index contributed by atoms with van der Waals surface area (Å²) in [5.41, 5.74) is 2.17. The molecule has 2 aromatic rings. The van der Waals surface area contributed by atoms with Gasteiger partial charge in [-0.25, -0.2) is 13.4 Å². The molecular weight excluding hydrogens is 324 g/mol. The van der Waals surface area contributed by atoms with Gasteiger partial charge in [0.25, 0.3) is 0 Å². The quantitative estimate of drug-likeness (QED) is 0.853. The third-order valence-corrected chi connectivity index (χ3v) is 5.54. The van der Waals surface area contributed by atoms with Crippen LogP contribution in [0.4, 0.5) is 5.82 Å². The topological polar surface area (TPSA) is 59.5 Å². The highest BCUT2D eigenvalue weighted by molar-refractivity contribution is 7.89. The molecule has 6 heteroatoms. The van der Waals surface area contributed by atoms with Crippen LogP contribution in [0.2, 0.25) is 0 Å². The van der Waals surface area contributed by atoms with Crippen LogP contribution in [0.5, 0.6) is 5.75 Å². The van der Waals surface area contributed by atoms with Crippen molar-refractivity contribution in [3.8, 4) is 5.75 Å². The Hall–Kier alpha value is -2.08. The van der Waals surface area contributed by atoms with Crippen molar-refractivity contribution in [2.24, 2.45) is 5.41 Å². The van der Waals surface area contributed by atoms with Crippen molar-refractivity contribution in [1.82, 2.24) is 4.98 Å². The van der Waals surface area contributed by atoms with Crippen molar-refractivity contribution >= 4 is 15.7 Å². The van der Waals surface area contributed by atoms with Crippen LogP contribution in [0.15, 0.2) is 42.6 Å². The first-order valence-electron chi connectivity index (χ1n) is 8.01. The van der Waals surface area contributed by atoms with E-state index in [0.29, 0.717) is 0 Å². The molecule has 1 aromatic heterocycles. The lowest BCUT2D eigenvalue weighted by atomic mass is 9.74. The van der Waals surface area contributed by atoms with Crippen molar-refractivity contribution in [2.45, 2.75) is 12.2 Å². The zero-order valence-corrected chi connectivity index (χ0v) is 14.4. The molecule has 1 spiro atoms. The fourth-order valence-electron chi connectivity index (χ4n) is 3.60. The number of nitrogens with zero attached hydrogens (tertiary/aromatic N) is 2. The SMILES string of the molecule is CS(=O)(=O)Cc1ccc(N2CC3(COc4ccccc4C3)C2)nc1. The zero-order valence-electron chi connectivity index (χ0n) is 13.6. The Morgan fingerprint density at radius 3 is 2.71 bits per heavy atom. The summed E-state index contributed by atoms with van der Waals surface area (Å²) in [7, 11) is -3.02. The Morgan fingerprint density at radius 2 is 2.00 bits per heavy atom. The second kappa shape index (κ2) is 5.48. The lowest BCUT2D eigenvalue weighted by Gasteiger charge is -2.52. The smallest absolute Gasteiger partial charge is 0.151 e. The van der Waals surface area contributed by atoms with Crippen LogP contribution in [0.25, 0.3) is 0 Å². The van der Waals surface area contributed by atoms with Gasteiger partial charge in [0.15, 0.2) is 9.84 Å². The van der Waals surface area contributed by atoms with Crippen molar-refractivity contribution in [1.29, 1.82) is 0 Å². The maximum atomic E-state index is 11.3. The predicted octanol–water partition coefficient (Wildman–Crippen LogP) is 2.07. The number of hydrogen-bond acceptors (Lipinski definition) is 5. The Balaban J connectivity index is 1.43. The number of aromatic nitrogens is 1. The molecule has 3 heterocycles. The fraction of sp³-hybridized carbons (Fsp3) is 0.389. The van der Waals surface area contributed by atoms with Gasteiger partial charge in [0.05, 0.1) is 12.4 Å². The molecule has 24 heavy (non-hydrogen) atoms. The normalized spacial score (nSPS) is 18.6. The highest BCUT2D eigenvalue weighted by Crippen LogP contribution is 2.42. The summed E-state index contributed by atoms with van der Waals surface area (Å²) in [6, 6.07) is 12.0. The van der Waals surface area contributed by atoms with Crippen molar-refractivity contribution < 1.29 is 13.2 Å². The van der Waals surface area contributed by atoms with Crippen LogP contribution >= 0.6 is 0 Å². The van der Waals surface area contributed by atoms with E-state index >= 15 is 0 Å². The summed E-state index contributed by atoms with van der Waals surface area (Å²) in [6.45, 7) is 2.58. The van der Waals surface area contributed by atoms with E-state index < -0.39 is 9.84 Å². The molecule has 1 fully saturated rings. The van der Waals surface area contributed by atoms with Crippen LogP contribution in [0.3, 0.4) is 0 Å². The van der Waals surface area contributed by atoms with Gasteiger partial charge in [0.2, 0.25) is 0 Å². The fourth-order valence-corrected chi connectivity index (χ4v) is 4.37. The van der Waals surface area contributed by atoms with Crippen LogP contribution in [-0.4, -0.2) is 39.4 Å². The van der Waals surface area contributed by atoms with E-state index in [1.165, 1.54) is 11.8 Å². The Kier molecular flexibility index (Phi) is 3.53. The number of fused-ring (bicyclic) bond motifs is 1. The number of para-hydroxylation sites is 1. The summed E-state index contributed by atoms with van der Waals surface area (Å²) in [6.07, 6.45) is 3.93. The maximum Gasteiger partial charge on any atom is 0.151 e. The highest BCUT2D eigenvalue weighted by Gasteiger charge is 2.46. The van der Waals surface area contributed by atoms with Crippen LogP contribution in [0, 0.1) is 5.41 Å². The molecule has 2 aliphatic rings. The highest BCUT2D eigenvalue weighted by atomic mass is 32.2. The molecule has 2 aliphatic heterocycles. The number of rotatable bonds is 3. The van der Waals surface area contributed by atoms with Crippen LogP contribution in [0.1, 0.15) is 11.1 Å². The number of anilines is 1. The Bertz CT molecular complexity index is 856. The third kappa shape index (κ3) is 2.98. The number of hydrogen-bond donors (Lipinski definition) is 0. The Morgan fingerprint density at radius 1 is 1.21 bits per heavy atom. The molecule has 1 saturated heterocycles. The molecule has 126 valence electrons. The van der Waals surface area contributed by atoms with E-state index in [-0.39, 0.29) is 11.2 Å². The van der Waals surface area contributed by atoms with Gasteiger partial charge < -0.3 is 9.64 Å². The summed E-state index contributed by atoms with van der Waals surface area (Å²) < 4.78 is 28.6. The summed E-state index contributed by atoms with van der Waals surface area (Å²) in [5, 5.41) is 0. The van der Waals surface area contributed by atoms with Crippen LogP contribution < -0.4 is 9.64 Å². The predicted molar refractivity (Wildman–Crippen MR) is 93.1 cm³/mol.